The van der Waals surface area contributed by atoms with Gasteiger partial charge < -0.3 is 9.64 Å². The number of aromatic nitrogens is 1. The summed E-state index contributed by atoms with van der Waals surface area (Å²) in [6.45, 7) is 1.10. The number of rotatable bonds is 6. The fraction of sp³-hybridized carbons (Fsp3) is 0.667. The van der Waals surface area contributed by atoms with Crippen molar-refractivity contribution in [3.63, 3.8) is 0 Å². The molecule has 1 saturated carbocycles. The number of thiazole rings is 1. The zero-order valence-corrected chi connectivity index (χ0v) is 11.1. The number of carbonyl (C=O) groups is 1. The first kappa shape index (κ1) is 12.4. The first-order valence-corrected chi connectivity index (χ1v) is 6.79. The van der Waals surface area contributed by atoms with Gasteiger partial charge in [0, 0.05) is 25.4 Å². The average molecular weight is 254 g/mol. The van der Waals surface area contributed by atoms with Crippen molar-refractivity contribution >= 4 is 22.4 Å². The first-order chi connectivity index (χ1) is 8.19. The van der Waals surface area contributed by atoms with Crippen molar-refractivity contribution in [1.82, 2.24) is 4.98 Å². The normalized spacial score (nSPS) is 14.7. The molecule has 0 radical (unpaired) electrons. The van der Waals surface area contributed by atoms with Crippen LogP contribution in [0.4, 0.5) is 5.13 Å². The molecular weight excluding hydrogens is 236 g/mol. The number of anilines is 1. The van der Waals surface area contributed by atoms with Crippen LogP contribution in [0.3, 0.4) is 0 Å². The first-order valence-electron chi connectivity index (χ1n) is 5.91. The summed E-state index contributed by atoms with van der Waals surface area (Å²) < 4.78 is 4.61. The van der Waals surface area contributed by atoms with Crippen LogP contribution in [0, 0.1) is 5.92 Å². The van der Waals surface area contributed by atoms with Crippen LogP contribution < -0.4 is 4.90 Å². The minimum absolute atomic E-state index is 0.175. The second-order valence-electron chi connectivity index (χ2n) is 4.52. The molecule has 1 aromatic heterocycles. The Balaban J connectivity index is 1.83. The van der Waals surface area contributed by atoms with Gasteiger partial charge in [0.2, 0.25) is 0 Å². The molecule has 1 heterocycles. The number of hydrogen-bond donors (Lipinski definition) is 0. The third kappa shape index (κ3) is 3.70. The van der Waals surface area contributed by atoms with Crippen LogP contribution >= 0.6 is 11.3 Å². The average Bonchev–Trinajstić information content (AvgIpc) is 3.01. The van der Waals surface area contributed by atoms with E-state index in [1.165, 1.54) is 20.0 Å². The summed E-state index contributed by atoms with van der Waals surface area (Å²) in [5.74, 6) is 0.688. The number of carbonyl (C=O) groups excluding carboxylic acids is 1. The van der Waals surface area contributed by atoms with Crippen molar-refractivity contribution in [2.75, 3.05) is 25.6 Å². The maximum absolute atomic E-state index is 11.0. The minimum Gasteiger partial charge on any atom is -0.469 e. The summed E-state index contributed by atoms with van der Waals surface area (Å²) in [6, 6.07) is 0. The third-order valence-electron chi connectivity index (χ3n) is 2.91. The van der Waals surface area contributed by atoms with Gasteiger partial charge >= 0.3 is 5.97 Å². The van der Waals surface area contributed by atoms with Crippen molar-refractivity contribution in [3.05, 3.63) is 11.1 Å². The molecule has 0 atom stereocenters. The number of hydrogen-bond acceptors (Lipinski definition) is 5. The summed E-state index contributed by atoms with van der Waals surface area (Å²) in [5, 5.41) is 3.08. The molecule has 0 aliphatic heterocycles. The van der Waals surface area contributed by atoms with Gasteiger partial charge in [0.25, 0.3) is 0 Å². The van der Waals surface area contributed by atoms with E-state index < -0.39 is 0 Å². The Bertz CT molecular complexity index is 388. The highest BCUT2D eigenvalue weighted by molar-refractivity contribution is 7.13. The van der Waals surface area contributed by atoms with E-state index >= 15 is 0 Å². The molecule has 1 aliphatic carbocycles. The Kier molecular flexibility index (Phi) is 3.99. The molecule has 17 heavy (non-hydrogen) atoms. The lowest BCUT2D eigenvalue weighted by atomic mass is 10.2. The van der Waals surface area contributed by atoms with Gasteiger partial charge in [-0.05, 0) is 18.8 Å². The Labute approximate surface area is 106 Å². The van der Waals surface area contributed by atoms with Gasteiger partial charge in [0.15, 0.2) is 5.13 Å². The van der Waals surface area contributed by atoms with E-state index in [0.717, 1.165) is 23.3 Å². The Morgan fingerprint density at radius 2 is 2.41 bits per heavy atom. The zero-order valence-electron chi connectivity index (χ0n) is 10.3. The molecule has 0 aromatic carbocycles. The van der Waals surface area contributed by atoms with Crippen LogP contribution in [0.15, 0.2) is 5.38 Å². The van der Waals surface area contributed by atoms with Crippen LogP contribution in [0.1, 0.15) is 25.0 Å². The van der Waals surface area contributed by atoms with Gasteiger partial charge in [-0.1, -0.05) is 0 Å². The molecule has 0 amide bonds. The summed E-state index contributed by atoms with van der Waals surface area (Å²) in [5.41, 5.74) is 0.984. The van der Waals surface area contributed by atoms with Crippen molar-refractivity contribution in [1.29, 1.82) is 0 Å². The van der Waals surface area contributed by atoms with Crippen LogP contribution in [0.2, 0.25) is 0 Å². The smallest absolute Gasteiger partial charge is 0.305 e. The summed E-state index contributed by atoms with van der Waals surface area (Å²) in [7, 11) is 3.50. The number of methoxy groups -OCH3 is 1. The molecule has 0 saturated heterocycles. The van der Waals surface area contributed by atoms with E-state index in [4.69, 9.17) is 0 Å². The number of aryl methyl sites for hydroxylation is 1. The molecule has 1 aromatic rings. The van der Waals surface area contributed by atoms with Crippen molar-refractivity contribution in [3.8, 4) is 0 Å². The molecule has 0 N–H and O–H groups in total. The number of nitrogens with zero attached hydrogens (tertiary/aromatic N) is 2. The molecule has 5 heteroatoms. The Hall–Kier alpha value is -1.10. The van der Waals surface area contributed by atoms with Gasteiger partial charge in [0.1, 0.15) is 0 Å². The van der Waals surface area contributed by atoms with Gasteiger partial charge in [-0.25, -0.2) is 4.98 Å². The molecule has 94 valence electrons. The number of esters is 1. The molecule has 2 rings (SSSR count). The van der Waals surface area contributed by atoms with E-state index in [1.807, 2.05) is 5.38 Å². The zero-order chi connectivity index (χ0) is 12.3. The summed E-state index contributed by atoms with van der Waals surface area (Å²) >= 11 is 1.65. The second-order valence-corrected chi connectivity index (χ2v) is 5.36. The third-order valence-corrected chi connectivity index (χ3v) is 3.91. The van der Waals surface area contributed by atoms with Gasteiger partial charge in [-0.2, -0.15) is 0 Å². The fourth-order valence-corrected chi connectivity index (χ4v) is 2.52. The summed E-state index contributed by atoms with van der Waals surface area (Å²) in [4.78, 5) is 17.8. The van der Waals surface area contributed by atoms with E-state index in [1.54, 1.807) is 11.3 Å². The monoisotopic (exact) mass is 254 g/mol. The minimum atomic E-state index is -0.175. The van der Waals surface area contributed by atoms with E-state index in [0.29, 0.717) is 12.8 Å². The molecule has 1 fully saturated rings. The lowest BCUT2D eigenvalue weighted by molar-refractivity contribution is -0.140. The van der Waals surface area contributed by atoms with Gasteiger partial charge in [-0.3, -0.25) is 4.79 Å². The van der Waals surface area contributed by atoms with Crippen LogP contribution in [0.5, 0.6) is 0 Å². The highest BCUT2D eigenvalue weighted by Gasteiger charge is 2.23. The lowest BCUT2D eigenvalue weighted by Crippen LogP contribution is -2.19. The predicted molar refractivity (Wildman–Crippen MR) is 68.4 cm³/mol. The van der Waals surface area contributed by atoms with E-state index in [-0.39, 0.29) is 5.97 Å². The predicted octanol–water partition coefficient (Wildman–Crippen LogP) is 2.09. The maximum Gasteiger partial charge on any atom is 0.305 e. The highest BCUT2D eigenvalue weighted by Crippen LogP contribution is 2.31. The van der Waals surface area contributed by atoms with Gasteiger partial charge in [0.05, 0.1) is 19.2 Å². The molecular formula is C12H18N2O2S. The van der Waals surface area contributed by atoms with Crippen LogP contribution in [-0.2, 0) is 16.0 Å². The SMILES string of the molecule is COC(=O)CCc1csc(N(C)CC2CC2)n1. The topological polar surface area (TPSA) is 42.4 Å². The lowest BCUT2D eigenvalue weighted by Gasteiger charge is -2.14. The van der Waals surface area contributed by atoms with Crippen molar-refractivity contribution < 1.29 is 9.53 Å². The van der Waals surface area contributed by atoms with Crippen LogP contribution in [0.25, 0.3) is 0 Å². The maximum atomic E-state index is 11.0. The van der Waals surface area contributed by atoms with Crippen molar-refractivity contribution in [2.24, 2.45) is 5.92 Å². The van der Waals surface area contributed by atoms with Gasteiger partial charge in [-0.15, -0.1) is 11.3 Å². The number of ether oxygens (including phenoxy) is 1. The van der Waals surface area contributed by atoms with E-state index in [9.17, 15) is 4.79 Å². The van der Waals surface area contributed by atoms with Crippen molar-refractivity contribution in [2.45, 2.75) is 25.7 Å². The standard InChI is InChI=1S/C12H18N2O2S/c1-14(7-9-3-4-9)12-13-10(8-17-12)5-6-11(15)16-2/h8-9H,3-7H2,1-2H3. The highest BCUT2D eigenvalue weighted by atomic mass is 32.1. The molecule has 4 nitrogen and oxygen atoms in total. The van der Waals surface area contributed by atoms with E-state index in [2.05, 4.69) is 21.7 Å². The molecule has 0 bridgehead atoms. The fourth-order valence-electron chi connectivity index (χ4n) is 1.68. The van der Waals surface area contributed by atoms with Crippen LogP contribution in [-0.4, -0.2) is 31.7 Å². The second kappa shape index (κ2) is 5.49. The largest absolute Gasteiger partial charge is 0.469 e. The Morgan fingerprint density at radius 3 is 3.06 bits per heavy atom. The Morgan fingerprint density at radius 1 is 1.65 bits per heavy atom. The quantitative estimate of drug-likeness (QED) is 0.729. The molecule has 1 aliphatic rings. The molecule has 0 unspecified atom stereocenters. The molecule has 0 spiro atoms. The summed E-state index contributed by atoms with van der Waals surface area (Å²) in [6.07, 6.45) is 3.78.